The number of guanidine groups is 2. The molecule has 5 rings (SSSR count). The second-order valence-electron chi connectivity index (χ2n) is 12.7. The zero-order valence-corrected chi connectivity index (χ0v) is 31.7. The van der Waals surface area contributed by atoms with E-state index in [0.29, 0.717) is 62.4 Å². The van der Waals surface area contributed by atoms with Gasteiger partial charge in [0.1, 0.15) is 30.5 Å². The zero-order valence-electron chi connectivity index (χ0n) is 30.8. The summed E-state index contributed by atoms with van der Waals surface area (Å²) in [4.78, 5) is 76.9. The highest BCUT2D eigenvalue weighted by Gasteiger charge is 2.47. The highest BCUT2D eigenvalue weighted by Crippen LogP contribution is 2.43. The van der Waals surface area contributed by atoms with Crippen molar-refractivity contribution in [2.75, 3.05) is 44.8 Å². The first kappa shape index (κ1) is 45.6. The number of phosphoric ester groups is 1. The molecule has 24 nitrogen and oxygen atoms in total. The molecule has 3 aliphatic rings. The predicted molar refractivity (Wildman–Crippen MR) is 203 cm³/mol. The van der Waals surface area contributed by atoms with Crippen LogP contribution in [0.4, 0.5) is 15.3 Å². The lowest BCUT2D eigenvalue weighted by Crippen LogP contribution is -2.45. The van der Waals surface area contributed by atoms with E-state index in [0.717, 1.165) is 11.1 Å². The van der Waals surface area contributed by atoms with Crippen LogP contribution in [-0.2, 0) is 28.2 Å². The third kappa shape index (κ3) is 14.3. The highest BCUT2D eigenvalue weighted by atomic mass is 31.2. The first-order valence-corrected chi connectivity index (χ1v) is 18.7. The number of aliphatic carboxylic acids is 2. The Bertz CT molecular complexity index is 1780. The van der Waals surface area contributed by atoms with E-state index in [4.69, 9.17) is 68.6 Å². The summed E-state index contributed by atoms with van der Waals surface area (Å²) in [5.74, 6) is -1.51. The van der Waals surface area contributed by atoms with Crippen molar-refractivity contribution in [2.24, 2.45) is 44.4 Å². The number of phosphoric acid groups is 1. The van der Waals surface area contributed by atoms with Gasteiger partial charge in [-0.2, -0.15) is 0 Å². The van der Waals surface area contributed by atoms with Crippen LogP contribution in [0.3, 0.4) is 0 Å². The van der Waals surface area contributed by atoms with Crippen LogP contribution in [0.25, 0.3) is 11.1 Å². The third-order valence-electron chi connectivity index (χ3n) is 8.26. The number of likely N-dealkylation sites (N-methyl/N-ethyl adjacent to an activating group) is 1. The number of aliphatic imine (C=N–C) groups is 2. The average molecular weight is 826 g/mol. The van der Waals surface area contributed by atoms with E-state index in [2.05, 4.69) is 19.5 Å². The summed E-state index contributed by atoms with van der Waals surface area (Å²) < 4.78 is 31.8. The molecule has 0 aliphatic carbocycles. The normalized spacial score (nSPS) is 19.1. The number of aromatic nitrogens is 1. The van der Waals surface area contributed by atoms with Crippen LogP contribution < -0.4 is 44.0 Å². The highest BCUT2D eigenvalue weighted by molar-refractivity contribution is 7.46. The standard InChI is InChI=1S/C20H20N3O9P.2C6H14N4O2/c1-22-8-17(31-19(22)24)13-4-2-12(7-21-13)11-3-5-14-16(6-11)29-9-15-18(10-30-33(26,27)28)32-20(25)23(14)15;2*7-4(5(11)12)2-1-3-10-6(8)9/h2-7,15,17-18H,8-10H2,1H3,(H2,26,27,28);2*4H,1-3,7H2,(H,11,12)(H4,8,9,10)/t15-,17?,18-;;/m0../s1. The van der Waals surface area contributed by atoms with Crippen molar-refractivity contribution in [3.63, 3.8) is 0 Å². The summed E-state index contributed by atoms with van der Waals surface area (Å²) in [7, 11) is -3.03. The van der Waals surface area contributed by atoms with Gasteiger partial charge in [-0.1, -0.05) is 12.1 Å². The number of pyridine rings is 1. The monoisotopic (exact) mass is 825 g/mol. The Kier molecular flexibility index (Phi) is 16.8. The minimum absolute atomic E-state index is 0.0129. The number of carbonyl (C=O) groups excluding carboxylic acids is 2. The van der Waals surface area contributed by atoms with Crippen molar-refractivity contribution in [1.29, 1.82) is 0 Å². The van der Waals surface area contributed by atoms with Crippen LogP contribution in [0.1, 0.15) is 37.5 Å². The Morgan fingerprint density at radius 3 is 1.98 bits per heavy atom. The predicted octanol–water partition coefficient (Wildman–Crippen LogP) is -1.03. The second kappa shape index (κ2) is 20.9. The molecule has 2 fully saturated rings. The van der Waals surface area contributed by atoms with Crippen molar-refractivity contribution < 1.29 is 62.5 Å². The van der Waals surface area contributed by atoms with E-state index in [1.165, 1.54) is 9.80 Å². The van der Waals surface area contributed by atoms with Crippen molar-refractivity contribution in [1.82, 2.24) is 9.88 Å². The summed E-state index contributed by atoms with van der Waals surface area (Å²) in [6, 6.07) is 6.74. The van der Waals surface area contributed by atoms with E-state index in [1.807, 2.05) is 6.07 Å². The molecule has 0 radical (unpaired) electrons. The number of anilines is 1. The fraction of sp³-hybridized carbons (Fsp3) is 0.469. The van der Waals surface area contributed by atoms with Crippen LogP contribution in [0.2, 0.25) is 0 Å². The number of ether oxygens (including phenoxy) is 3. The molecule has 3 aliphatic heterocycles. The summed E-state index contributed by atoms with van der Waals surface area (Å²) in [6.07, 6.45) is 1.27. The van der Waals surface area contributed by atoms with E-state index >= 15 is 0 Å². The third-order valence-corrected chi connectivity index (χ3v) is 8.74. The molecule has 5 atom stereocenters. The number of fused-ring (bicyclic) bond motifs is 3. The number of rotatable bonds is 15. The van der Waals surface area contributed by atoms with Gasteiger partial charge in [-0.25, -0.2) is 14.2 Å². The van der Waals surface area contributed by atoms with Crippen molar-refractivity contribution in [2.45, 2.75) is 56.0 Å². The lowest BCUT2D eigenvalue weighted by molar-refractivity contribution is -0.139. The molecule has 0 spiro atoms. The van der Waals surface area contributed by atoms with E-state index in [9.17, 15) is 23.7 Å². The smallest absolute Gasteiger partial charge is 0.469 e. The number of hydrogen-bond acceptors (Lipinski definition) is 14. The molecule has 1 aromatic heterocycles. The Hall–Kier alpha value is -5.78. The summed E-state index contributed by atoms with van der Waals surface area (Å²) >= 11 is 0. The lowest BCUT2D eigenvalue weighted by atomic mass is 10.0. The molecule has 4 heterocycles. The van der Waals surface area contributed by atoms with Gasteiger partial charge in [0.25, 0.3) is 0 Å². The SMILES string of the molecule is CN1CC(c2ccc(-c3ccc4c(c3)OC[C@H]3[C@H](COP(=O)(O)O)OC(=O)N43)cn2)OC1=O.NC(N)=NCCCC(N)C(=O)O.NC(N)=NCCCC(N)C(=O)O. The topological polar surface area (TPSA) is 403 Å². The van der Waals surface area contributed by atoms with Gasteiger partial charge in [-0.05, 0) is 49.4 Å². The zero-order chi connectivity index (χ0) is 42.4. The molecule has 2 aromatic rings. The number of carboxylic acids is 2. The maximum absolute atomic E-state index is 12.4. The van der Waals surface area contributed by atoms with Crippen molar-refractivity contribution >= 4 is 49.6 Å². The molecule has 16 N–H and O–H groups in total. The summed E-state index contributed by atoms with van der Waals surface area (Å²) in [5.41, 5.74) is 33.4. The first-order chi connectivity index (χ1) is 26.8. The Morgan fingerprint density at radius 1 is 0.930 bits per heavy atom. The van der Waals surface area contributed by atoms with Crippen molar-refractivity contribution in [3.05, 3.63) is 42.2 Å². The van der Waals surface area contributed by atoms with Crippen LogP contribution in [0.5, 0.6) is 5.75 Å². The maximum Gasteiger partial charge on any atom is 0.469 e. The van der Waals surface area contributed by atoms with Gasteiger partial charge >= 0.3 is 31.9 Å². The molecule has 2 saturated heterocycles. The number of amides is 2. The van der Waals surface area contributed by atoms with Gasteiger partial charge in [0, 0.05) is 31.9 Å². The lowest BCUT2D eigenvalue weighted by Gasteiger charge is -2.31. The van der Waals surface area contributed by atoms with Gasteiger partial charge in [-0.3, -0.25) is 34.0 Å². The second-order valence-corrected chi connectivity index (χ2v) is 13.9. The molecule has 25 heteroatoms. The van der Waals surface area contributed by atoms with Crippen molar-refractivity contribution in [3.8, 4) is 16.9 Å². The number of nitrogens with zero attached hydrogens (tertiary/aromatic N) is 5. The van der Waals surface area contributed by atoms with Gasteiger partial charge in [0.15, 0.2) is 24.1 Å². The average Bonchev–Trinajstić information content (AvgIpc) is 3.67. The summed E-state index contributed by atoms with van der Waals surface area (Å²) in [5, 5.41) is 16.8. The molecule has 3 unspecified atom stereocenters. The van der Waals surface area contributed by atoms with Crippen LogP contribution in [0, 0.1) is 0 Å². The number of nitrogens with two attached hydrogens (primary N) is 6. The van der Waals surface area contributed by atoms with Gasteiger partial charge < -0.3 is 73.5 Å². The van der Waals surface area contributed by atoms with Crippen LogP contribution in [-0.4, -0.2) is 130 Å². The van der Waals surface area contributed by atoms with Gasteiger partial charge in [0.05, 0.1) is 24.5 Å². The van der Waals surface area contributed by atoms with E-state index in [-0.39, 0.29) is 24.6 Å². The minimum Gasteiger partial charge on any atom is -0.489 e. The molecule has 0 saturated carbocycles. The fourth-order valence-corrected chi connectivity index (χ4v) is 5.64. The van der Waals surface area contributed by atoms with E-state index < -0.39 is 62.8 Å². The molecule has 1 aromatic carbocycles. The number of cyclic esters (lactones) is 2. The molecular formula is C32H48N11O13P. The van der Waals surface area contributed by atoms with Crippen LogP contribution in [0.15, 0.2) is 46.5 Å². The summed E-state index contributed by atoms with van der Waals surface area (Å²) in [6.45, 7) is 0.908. The van der Waals surface area contributed by atoms with Gasteiger partial charge in [0.2, 0.25) is 0 Å². The first-order valence-electron chi connectivity index (χ1n) is 17.2. The number of carboxylic acid groups (broad SMARTS) is 2. The number of benzene rings is 1. The Morgan fingerprint density at radius 2 is 1.51 bits per heavy atom. The molecule has 2 amide bonds. The largest absolute Gasteiger partial charge is 0.489 e. The van der Waals surface area contributed by atoms with E-state index in [1.54, 1.807) is 37.5 Å². The molecule has 314 valence electrons. The van der Waals surface area contributed by atoms with Gasteiger partial charge in [-0.15, -0.1) is 0 Å². The molecule has 57 heavy (non-hydrogen) atoms. The Balaban J connectivity index is 0.000000300. The fourth-order valence-electron chi connectivity index (χ4n) is 5.30. The molecular weight excluding hydrogens is 777 g/mol. The maximum atomic E-state index is 12.4. The Labute approximate surface area is 326 Å². The van der Waals surface area contributed by atoms with Crippen LogP contribution >= 0.6 is 7.82 Å². The minimum atomic E-state index is -4.69. The number of carbonyl (C=O) groups is 4. The number of hydrogen-bond donors (Lipinski definition) is 10. The quantitative estimate of drug-likeness (QED) is 0.0444. The molecule has 0 bridgehead atoms.